The second-order valence-electron chi connectivity index (χ2n) is 6.68. The molecule has 13 heteroatoms. The van der Waals surface area contributed by atoms with Gasteiger partial charge in [-0.15, -0.1) is 15.3 Å². The fourth-order valence-electron chi connectivity index (χ4n) is 3.33. The first-order chi connectivity index (χ1) is 14.9. The smallest absolute Gasteiger partial charge is 0.387 e. The number of carboxylic acid groups (broad SMARTS) is 1. The summed E-state index contributed by atoms with van der Waals surface area (Å²) in [6.07, 6.45) is 1.61. The summed E-state index contributed by atoms with van der Waals surface area (Å²) in [6.45, 7) is -0.778. The average Bonchev–Trinajstić information content (AvgIpc) is 3.39. The number of hydrogen-bond donors (Lipinski definition) is 1. The molecule has 11 nitrogen and oxygen atoms in total. The lowest BCUT2D eigenvalue weighted by Gasteiger charge is -2.38. The van der Waals surface area contributed by atoms with E-state index in [9.17, 15) is 8.78 Å². The summed E-state index contributed by atoms with van der Waals surface area (Å²) in [5.41, 5.74) is 0.745. The van der Waals surface area contributed by atoms with Gasteiger partial charge in [0.1, 0.15) is 11.8 Å². The molecular formula is C18H21F2N7O4. The summed E-state index contributed by atoms with van der Waals surface area (Å²) in [4.78, 5) is 12.7. The molecule has 2 aromatic heterocycles. The van der Waals surface area contributed by atoms with Crippen molar-refractivity contribution >= 4 is 12.4 Å². The Kier molecular flexibility index (Phi) is 7.07. The van der Waals surface area contributed by atoms with E-state index in [2.05, 4.69) is 35.1 Å². The first-order valence-electron chi connectivity index (χ1n) is 9.19. The van der Waals surface area contributed by atoms with Crippen molar-refractivity contribution in [1.82, 2.24) is 30.0 Å². The van der Waals surface area contributed by atoms with Crippen molar-refractivity contribution < 1.29 is 27.9 Å². The van der Waals surface area contributed by atoms with Crippen LogP contribution >= 0.6 is 0 Å². The Morgan fingerprint density at radius 1 is 1.23 bits per heavy atom. The zero-order chi connectivity index (χ0) is 22.4. The molecular weight excluding hydrogens is 416 g/mol. The molecule has 1 N–H and O–H groups in total. The number of ether oxygens (including phenoxy) is 1. The van der Waals surface area contributed by atoms with Gasteiger partial charge in [-0.05, 0) is 31.3 Å². The van der Waals surface area contributed by atoms with Crippen LogP contribution in [0.4, 0.5) is 14.7 Å². The molecule has 0 bridgehead atoms. The number of aromatic nitrogens is 5. The third-order valence-corrected chi connectivity index (χ3v) is 4.74. The van der Waals surface area contributed by atoms with Crippen LogP contribution in [0, 0.1) is 0 Å². The van der Waals surface area contributed by atoms with Gasteiger partial charge in [0.15, 0.2) is 11.6 Å². The lowest BCUT2D eigenvalue weighted by atomic mass is 10.1. The van der Waals surface area contributed by atoms with E-state index in [0.29, 0.717) is 17.5 Å². The molecule has 3 aromatic rings. The Labute approximate surface area is 175 Å². The predicted octanol–water partition coefficient (Wildman–Crippen LogP) is 1.66. The number of nitrogens with zero attached hydrogens (tertiary/aromatic N) is 7. The molecule has 4 rings (SSSR count). The minimum absolute atomic E-state index is 0.0914. The summed E-state index contributed by atoms with van der Waals surface area (Å²) < 4.78 is 36.2. The van der Waals surface area contributed by atoms with E-state index in [1.165, 1.54) is 12.1 Å². The van der Waals surface area contributed by atoms with Crippen LogP contribution < -0.4 is 9.64 Å². The minimum Gasteiger partial charge on any atom is -0.483 e. The van der Waals surface area contributed by atoms with Crippen molar-refractivity contribution in [3.05, 3.63) is 36.2 Å². The van der Waals surface area contributed by atoms with Gasteiger partial charge in [0.25, 0.3) is 6.47 Å². The summed E-state index contributed by atoms with van der Waals surface area (Å²) >= 11 is 0. The van der Waals surface area contributed by atoms with Crippen molar-refractivity contribution in [2.75, 3.05) is 31.6 Å². The molecule has 1 saturated heterocycles. The molecule has 0 aliphatic carbocycles. The molecule has 1 unspecified atom stereocenters. The Hall–Kier alpha value is -3.61. The molecule has 0 amide bonds. The third kappa shape index (κ3) is 5.12. The van der Waals surface area contributed by atoms with Crippen molar-refractivity contribution in [2.24, 2.45) is 7.05 Å². The van der Waals surface area contributed by atoms with Gasteiger partial charge in [-0.3, -0.25) is 9.36 Å². The van der Waals surface area contributed by atoms with Crippen LogP contribution in [-0.4, -0.2) is 74.9 Å². The van der Waals surface area contributed by atoms with Crippen molar-refractivity contribution in [1.29, 1.82) is 0 Å². The van der Waals surface area contributed by atoms with Gasteiger partial charge in [0, 0.05) is 37.5 Å². The number of hydrogen-bond acceptors (Lipinski definition) is 9. The topological polar surface area (TPSA) is 123 Å². The molecule has 3 heterocycles. The lowest BCUT2D eigenvalue weighted by Crippen LogP contribution is -2.47. The highest BCUT2D eigenvalue weighted by Gasteiger charge is 2.33. The first-order valence-corrected chi connectivity index (χ1v) is 9.19. The number of rotatable bonds is 5. The van der Waals surface area contributed by atoms with E-state index in [0.717, 1.165) is 25.2 Å². The third-order valence-electron chi connectivity index (χ3n) is 4.74. The predicted molar refractivity (Wildman–Crippen MR) is 104 cm³/mol. The fraction of sp³-hybridized carbons (Fsp3) is 0.389. The Morgan fingerprint density at radius 3 is 2.55 bits per heavy atom. The minimum atomic E-state index is -2.85. The molecule has 1 fully saturated rings. The molecule has 31 heavy (non-hydrogen) atoms. The maximum Gasteiger partial charge on any atom is 0.387 e. The Bertz CT molecular complexity index is 966. The van der Waals surface area contributed by atoms with E-state index in [-0.39, 0.29) is 18.3 Å². The fourth-order valence-corrected chi connectivity index (χ4v) is 3.33. The normalized spacial score (nSPS) is 16.7. The average molecular weight is 437 g/mol. The lowest BCUT2D eigenvalue weighted by molar-refractivity contribution is -0.122. The molecule has 0 saturated carbocycles. The van der Waals surface area contributed by atoms with Gasteiger partial charge < -0.3 is 24.2 Å². The van der Waals surface area contributed by atoms with Gasteiger partial charge in [-0.25, -0.2) is 0 Å². The highest BCUT2D eigenvalue weighted by molar-refractivity contribution is 5.59. The number of likely N-dealkylation sites (N-methyl/N-ethyl adjacent to an activating group) is 1. The first kappa shape index (κ1) is 22.1. The van der Waals surface area contributed by atoms with Crippen LogP contribution in [0.2, 0.25) is 0 Å². The van der Waals surface area contributed by atoms with E-state index < -0.39 is 6.61 Å². The van der Waals surface area contributed by atoms with Crippen LogP contribution in [0.1, 0.15) is 11.8 Å². The number of benzene rings is 1. The highest BCUT2D eigenvalue weighted by Crippen LogP contribution is 2.31. The standard InChI is InChI=1S/C17H19F2N7O2.CH2O2/c1-24-7-8-26(13(10-24)14-9-20-23-28-14)17-22-21-15(25(17)2)11-3-5-12(6-4-11)27-16(18)19;2-1-3/h3-6,9,13,16H,7-8,10H2,1-2H3;1H,(H,2,3). The molecule has 0 radical (unpaired) electrons. The van der Waals surface area contributed by atoms with E-state index in [1.54, 1.807) is 18.3 Å². The van der Waals surface area contributed by atoms with Crippen molar-refractivity contribution in [2.45, 2.75) is 12.7 Å². The van der Waals surface area contributed by atoms with Crippen LogP contribution in [0.25, 0.3) is 11.4 Å². The van der Waals surface area contributed by atoms with Gasteiger partial charge >= 0.3 is 6.61 Å². The van der Waals surface area contributed by atoms with E-state index in [1.807, 2.05) is 18.7 Å². The molecule has 1 aliphatic heterocycles. The molecule has 1 aliphatic rings. The maximum absolute atomic E-state index is 12.3. The van der Waals surface area contributed by atoms with E-state index in [4.69, 9.17) is 14.4 Å². The van der Waals surface area contributed by atoms with Crippen LogP contribution in [0.15, 0.2) is 35.0 Å². The number of alkyl halides is 2. The summed E-state index contributed by atoms with van der Waals surface area (Å²) in [6, 6.07) is 6.22. The van der Waals surface area contributed by atoms with Gasteiger partial charge in [-0.1, -0.05) is 0 Å². The zero-order valence-electron chi connectivity index (χ0n) is 16.8. The quantitative estimate of drug-likeness (QED) is 0.590. The largest absolute Gasteiger partial charge is 0.483 e. The number of anilines is 1. The Morgan fingerprint density at radius 2 is 1.94 bits per heavy atom. The Balaban J connectivity index is 0.000000858. The highest BCUT2D eigenvalue weighted by atomic mass is 19.3. The number of piperazine rings is 1. The van der Waals surface area contributed by atoms with Crippen molar-refractivity contribution in [3.63, 3.8) is 0 Å². The van der Waals surface area contributed by atoms with Gasteiger partial charge in [0.05, 0.1) is 6.20 Å². The second-order valence-corrected chi connectivity index (χ2v) is 6.68. The second kappa shape index (κ2) is 9.93. The van der Waals surface area contributed by atoms with Crippen LogP contribution in [-0.2, 0) is 11.8 Å². The number of halogens is 2. The van der Waals surface area contributed by atoms with Gasteiger partial charge in [-0.2, -0.15) is 8.78 Å². The molecule has 166 valence electrons. The van der Waals surface area contributed by atoms with E-state index >= 15 is 0 Å². The summed E-state index contributed by atoms with van der Waals surface area (Å²) in [5.74, 6) is 2.05. The summed E-state index contributed by atoms with van der Waals surface area (Å²) in [5, 5.41) is 22.9. The number of carbonyl (C=O) groups is 1. The molecule has 0 spiro atoms. The van der Waals surface area contributed by atoms with Gasteiger partial charge in [0.2, 0.25) is 5.95 Å². The molecule has 1 aromatic carbocycles. The summed E-state index contributed by atoms with van der Waals surface area (Å²) in [7, 11) is 3.90. The zero-order valence-corrected chi connectivity index (χ0v) is 16.8. The monoisotopic (exact) mass is 437 g/mol. The molecule has 1 atom stereocenters. The van der Waals surface area contributed by atoms with Crippen LogP contribution in [0.3, 0.4) is 0 Å². The SMILES string of the molecule is CN1CCN(c2nnc(-c3ccc(OC(F)F)cc3)n2C)C(c2cnno2)C1.O=CO. The van der Waals surface area contributed by atoms with Crippen molar-refractivity contribution in [3.8, 4) is 17.1 Å². The van der Waals surface area contributed by atoms with Crippen LogP contribution in [0.5, 0.6) is 5.75 Å². The maximum atomic E-state index is 12.3.